The fourth-order valence-corrected chi connectivity index (χ4v) is 3.33. The first-order chi connectivity index (χ1) is 8.20. The van der Waals surface area contributed by atoms with Gasteiger partial charge in [0.15, 0.2) is 0 Å². The smallest absolute Gasteiger partial charge is 0.229 e. The highest BCUT2D eigenvalue weighted by molar-refractivity contribution is 7.15. The number of hydrogen-bond acceptors (Lipinski definition) is 5. The van der Waals surface area contributed by atoms with Gasteiger partial charge >= 0.3 is 0 Å². The summed E-state index contributed by atoms with van der Waals surface area (Å²) in [4.78, 5) is 12.1. The molecule has 18 heavy (non-hydrogen) atoms. The summed E-state index contributed by atoms with van der Waals surface area (Å²) in [6.07, 6.45) is 3.29. The molecule has 2 heterocycles. The summed E-state index contributed by atoms with van der Waals surface area (Å²) in [5, 5.41) is 15.6. The van der Waals surface area contributed by atoms with E-state index in [1.54, 1.807) is 0 Å². The number of anilines is 1. The lowest BCUT2D eigenvalue weighted by molar-refractivity contribution is -0.118. The van der Waals surface area contributed by atoms with Crippen molar-refractivity contribution in [3.8, 4) is 0 Å². The SMILES string of the molecule is Cc1nnc(NC(=O)C2CC23CCNCC3)s1.Cl. The number of piperidine rings is 1. The van der Waals surface area contributed by atoms with Gasteiger partial charge in [-0.25, -0.2) is 0 Å². The van der Waals surface area contributed by atoms with Crippen molar-refractivity contribution in [1.82, 2.24) is 15.5 Å². The Morgan fingerprint density at radius 1 is 1.44 bits per heavy atom. The van der Waals surface area contributed by atoms with Crippen LogP contribution < -0.4 is 10.6 Å². The van der Waals surface area contributed by atoms with E-state index in [4.69, 9.17) is 0 Å². The third-order valence-electron chi connectivity index (χ3n) is 3.86. The fourth-order valence-electron chi connectivity index (χ4n) is 2.74. The van der Waals surface area contributed by atoms with Gasteiger partial charge in [0.05, 0.1) is 0 Å². The topological polar surface area (TPSA) is 66.9 Å². The molecular weight excluding hydrogens is 272 g/mol. The average Bonchev–Trinajstić information content (AvgIpc) is 2.85. The van der Waals surface area contributed by atoms with Crippen molar-refractivity contribution in [3.63, 3.8) is 0 Å². The van der Waals surface area contributed by atoms with E-state index in [0.29, 0.717) is 5.13 Å². The highest BCUT2D eigenvalue weighted by Crippen LogP contribution is 2.58. The van der Waals surface area contributed by atoms with E-state index in [1.807, 2.05) is 6.92 Å². The van der Waals surface area contributed by atoms with Gasteiger partial charge in [0.1, 0.15) is 5.01 Å². The number of carbonyl (C=O) groups excluding carboxylic acids is 1. The molecule has 100 valence electrons. The Balaban J connectivity index is 0.00000120. The van der Waals surface area contributed by atoms with Crippen molar-refractivity contribution < 1.29 is 4.79 Å². The van der Waals surface area contributed by atoms with Crippen LogP contribution in [0.2, 0.25) is 0 Å². The molecule has 1 aliphatic heterocycles. The van der Waals surface area contributed by atoms with Crippen LogP contribution in [0.4, 0.5) is 5.13 Å². The molecule has 7 heteroatoms. The second-order valence-electron chi connectivity index (χ2n) is 4.98. The summed E-state index contributed by atoms with van der Waals surface area (Å²) < 4.78 is 0. The number of carbonyl (C=O) groups is 1. The monoisotopic (exact) mass is 288 g/mol. The number of halogens is 1. The summed E-state index contributed by atoms with van der Waals surface area (Å²) >= 11 is 1.43. The number of amides is 1. The minimum atomic E-state index is 0. The van der Waals surface area contributed by atoms with Gasteiger partial charge in [-0.15, -0.1) is 22.6 Å². The minimum Gasteiger partial charge on any atom is -0.317 e. The third-order valence-corrected chi connectivity index (χ3v) is 4.62. The molecule has 1 aliphatic carbocycles. The lowest BCUT2D eigenvalue weighted by atomic mass is 9.92. The molecule has 5 nitrogen and oxygen atoms in total. The normalized spacial score (nSPS) is 24.4. The summed E-state index contributed by atoms with van der Waals surface area (Å²) in [5.74, 6) is 0.317. The van der Waals surface area contributed by atoms with Gasteiger partial charge in [-0.2, -0.15) is 0 Å². The standard InChI is InChI=1S/C11H16N4OS.ClH/c1-7-14-15-10(17-7)13-9(16)8-6-11(8)2-4-12-5-3-11;/h8,12H,2-6H2,1H3,(H,13,15,16);1H. The van der Waals surface area contributed by atoms with Crippen LogP contribution in [0.1, 0.15) is 24.3 Å². The Kier molecular flexibility index (Phi) is 3.89. The molecule has 2 aliphatic rings. The molecule has 1 saturated heterocycles. The van der Waals surface area contributed by atoms with Gasteiger partial charge in [-0.1, -0.05) is 11.3 Å². The van der Waals surface area contributed by atoms with Crippen LogP contribution in [-0.4, -0.2) is 29.2 Å². The molecule has 1 aromatic heterocycles. The van der Waals surface area contributed by atoms with Crippen molar-refractivity contribution >= 4 is 34.8 Å². The Labute approximate surface area is 116 Å². The molecule has 3 rings (SSSR count). The van der Waals surface area contributed by atoms with Gasteiger partial charge < -0.3 is 10.6 Å². The van der Waals surface area contributed by atoms with Crippen LogP contribution in [0, 0.1) is 18.3 Å². The van der Waals surface area contributed by atoms with E-state index >= 15 is 0 Å². The van der Waals surface area contributed by atoms with Gasteiger partial charge in [-0.3, -0.25) is 4.79 Å². The highest BCUT2D eigenvalue weighted by atomic mass is 35.5. The minimum absolute atomic E-state index is 0. The van der Waals surface area contributed by atoms with Crippen molar-refractivity contribution in [1.29, 1.82) is 0 Å². The zero-order valence-corrected chi connectivity index (χ0v) is 11.9. The summed E-state index contributed by atoms with van der Waals surface area (Å²) in [6, 6.07) is 0. The highest BCUT2D eigenvalue weighted by Gasteiger charge is 2.57. The first-order valence-electron chi connectivity index (χ1n) is 6.01. The van der Waals surface area contributed by atoms with Crippen LogP contribution in [0.3, 0.4) is 0 Å². The molecule has 1 spiro atoms. The van der Waals surface area contributed by atoms with Crippen LogP contribution in [0.25, 0.3) is 0 Å². The molecule has 2 N–H and O–H groups in total. The largest absolute Gasteiger partial charge is 0.317 e. The summed E-state index contributed by atoms with van der Waals surface area (Å²) in [7, 11) is 0. The number of aromatic nitrogens is 2. The van der Waals surface area contributed by atoms with Crippen LogP contribution in [-0.2, 0) is 4.79 Å². The second kappa shape index (κ2) is 5.11. The summed E-state index contributed by atoms with van der Waals surface area (Å²) in [6.45, 7) is 3.97. The fraction of sp³-hybridized carbons (Fsp3) is 0.727. The number of hydrogen-bond donors (Lipinski definition) is 2. The van der Waals surface area contributed by atoms with Crippen molar-refractivity contribution in [2.75, 3.05) is 18.4 Å². The molecular formula is C11H17ClN4OS. The predicted octanol–water partition coefficient (Wildman–Crippen LogP) is 1.60. The van der Waals surface area contributed by atoms with E-state index in [2.05, 4.69) is 20.8 Å². The summed E-state index contributed by atoms with van der Waals surface area (Å²) in [5.41, 5.74) is 0.287. The molecule has 0 aromatic carbocycles. The molecule has 1 aromatic rings. The van der Waals surface area contributed by atoms with Crippen molar-refractivity contribution in [3.05, 3.63) is 5.01 Å². The lowest BCUT2D eigenvalue weighted by Gasteiger charge is -2.22. The maximum absolute atomic E-state index is 12.1. The quantitative estimate of drug-likeness (QED) is 0.867. The van der Waals surface area contributed by atoms with E-state index in [1.165, 1.54) is 11.3 Å². The number of aryl methyl sites for hydroxylation is 1. The molecule has 0 bridgehead atoms. The van der Waals surface area contributed by atoms with E-state index in [9.17, 15) is 4.79 Å². The Morgan fingerprint density at radius 3 is 2.78 bits per heavy atom. The molecule has 1 unspecified atom stereocenters. The second-order valence-corrected chi connectivity index (χ2v) is 6.17. The van der Waals surface area contributed by atoms with E-state index < -0.39 is 0 Å². The van der Waals surface area contributed by atoms with Gasteiger partial charge in [-0.05, 0) is 44.7 Å². The third kappa shape index (κ3) is 2.50. The Hall–Kier alpha value is -0.720. The maximum Gasteiger partial charge on any atom is 0.229 e. The van der Waals surface area contributed by atoms with Gasteiger partial charge in [0.2, 0.25) is 11.0 Å². The molecule has 2 fully saturated rings. The zero-order valence-electron chi connectivity index (χ0n) is 10.2. The van der Waals surface area contributed by atoms with Crippen molar-refractivity contribution in [2.45, 2.75) is 26.2 Å². The average molecular weight is 289 g/mol. The van der Waals surface area contributed by atoms with Crippen LogP contribution >= 0.6 is 23.7 Å². The molecule has 1 saturated carbocycles. The Morgan fingerprint density at radius 2 is 2.17 bits per heavy atom. The van der Waals surface area contributed by atoms with Crippen molar-refractivity contribution in [2.24, 2.45) is 11.3 Å². The molecule has 1 amide bonds. The molecule has 1 atom stereocenters. The predicted molar refractivity (Wildman–Crippen MR) is 73.2 cm³/mol. The van der Waals surface area contributed by atoms with Crippen LogP contribution in [0.5, 0.6) is 0 Å². The zero-order chi connectivity index (χ0) is 11.9. The Bertz CT molecular complexity index is 444. The lowest BCUT2D eigenvalue weighted by Crippen LogP contribution is -2.31. The van der Waals surface area contributed by atoms with Gasteiger partial charge in [0.25, 0.3) is 0 Å². The first kappa shape index (κ1) is 13.7. The van der Waals surface area contributed by atoms with Crippen LogP contribution in [0.15, 0.2) is 0 Å². The first-order valence-corrected chi connectivity index (χ1v) is 6.83. The maximum atomic E-state index is 12.1. The van der Waals surface area contributed by atoms with Gasteiger partial charge in [0, 0.05) is 5.92 Å². The van der Waals surface area contributed by atoms with E-state index in [-0.39, 0.29) is 29.6 Å². The number of nitrogens with zero attached hydrogens (tertiary/aromatic N) is 2. The van der Waals surface area contributed by atoms with E-state index in [0.717, 1.165) is 37.4 Å². The number of rotatable bonds is 2. The number of nitrogens with one attached hydrogen (secondary N) is 2. The molecule has 0 radical (unpaired) electrons.